The van der Waals surface area contributed by atoms with Crippen molar-refractivity contribution in [3.05, 3.63) is 29.3 Å². The number of pyridine rings is 1. The number of rotatable bonds is 5. The van der Waals surface area contributed by atoms with Gasteiger partial charge in [-0.3, -0.25) is 5.01 Å². The normalized spacial score (nSPS) is 13.4. The van der Waals surface area contributed by atoms with Crippen molar-refractivity contribution in [2.45, 2.75) is 32.3 Å². The van der Waals surface area contributed by atoms with Crippen molar-refractivity contribution >= 4 is 5.84 Å². The van der Waals surface area contributed by atoms with Crippen LogP contribution in [0.3, 0.4) is 0 Å². The number of unbranched alkanes of at least 4 members (excludes halogenated alkanes) is 1. The predicted molar refractivity (Wildman–Crippen MR) is 71.4 cm³/mol. The summed E-state index contributed by atoms with van der Waals surface area (Å²) in [5.41, 5.74) is 0.632. The first-order chi connectivity index (χ1) is 9.01. The molecule has 1 heterocycles. The Morgan fingerprint density at radius 2 is 2.26 bits per heavy atom. The van der Waals surface area contributed by atoms with Gasteiger partial charge >= 0.3 is 0 Å². The largest absolute Gasteiger partial charge is 0.388 e. The van der Waals surface area contributed by atoms with Gasteiger partial charge in [0.05, 0.1) is 6.10 Å². The molecule has 6 nitrogen and oxygen atoms in total. The van der Waals surface area contributed by atoms with Crippen LogP contribution in [0.4, 0.5) is 4.39 Å². The molecule has 5 N–H and O–H groups in total. The van der Waals surface area contributed by atoms with Crippen LogP contribution in [0.25, 0.3) is 0 Å². The molecular formula is C12H20FN5O. The van der Waals surface area contributed by atoms with E-state index in [0.29, 0.717) is 12.0 Å². The van der Waals surface area contributed by atoms with E-state index in [1.165, 1.54) is 19.2 Å². The van der Waals surface area contributed by atoms with Gasteiger partial charge in [0, 0.05) is 12.6 Å². The van der Waals surface area contributed by atoms with Gasteiger partial charge in [-0.25, -0.2) is 10.8 Å². The van der Waals surface area contributed by atoms with Crippen molar-refractivity contribution in [2.75, 3.05) is 7.05 Å². The molecule has 0 aromatic carbocycles. The molecule has 0 bridgehead atoms. The number of hydrogen-bond acceptors (Lipinski definition) is 5. The minimum Gasteiger partial charge on any atom is -0.388 e. The van der Waals surface area contributed by atoms with E-state index < -0.39 is 12.1 Å². The fourth-order valence-corrected chi connectivity index (χ4v) is 1.77. The Labute approximate surface area is 111 Å². The van der Waals surface area contributed by atoms with Crippen LogP contribution in [0, 0.1) is 5.95 Å². The third-order valence-corrected chi connectivity index (χ3v) is 2.75. The van der Waals surface area contributed by atoms with E-state index >= 15 is 0 Å². The number of aliphatic hydroxyl groups is 1. The molecule has 0 aliphatic rings. The standard InChI is InChI=1S/C12H20FN5O/c1-3-4-5-9(19)8-6-7-10(13)16-11(8)12(17-14)18(2)15/h6-7,9,19H,3-5,14-15H2,1-2H3/b17-12-. The maximum absolute atomic E-state index is 13.3. The van der Waals surface area contributed by atoms with Crippen molar-refractivity contribution in [3.63, 3.8) is 0 Å². The van der Waals surface area contributed by atoms with Gasteiger partial charge < -0.3 is 10.9 Å². The predicted octanol–water partition coefficient (Wildman–Crippen LogP) is 0.870. The average molecular weight is 269 g/mol. The molecule has 0 saturated carbocycles. The minimum atomic E-state index is -0.750. The zero-order valence-corrected chi connectivity index (χ0v) is 11.2. The minimum absolute atomic E-state index is 0.116. The first-order valence-corrected chi connectivity index (χ1v) is 6.12. The van der Waals surface area contributed by atoms with Crippen molar-refractivity contribution in [3.8, 4) is 0 Å². The maximum Gasteiger partial charge on any atom is 0.213 e. The van der Waals surface area contributed by atoms with E-state index in [0.717, 1.165) is 17.9 Å². The molecule has 19 heavy (non-hydrogen) atoms. The number of hydrazine groups is 1. The molecule has 1 unspecified atom stereocenters. The summed E-state index contributed by atoms with van der Waals surface area (Å²) in [7, 11) is 1.51. The molecule has 1 aromatic rings. The topological polar surface area (TPSA) is 101 Å². The summed E-state index contributed by atoms with van der Waals surface area (Å²) in [5.74, 6) is 10.3. The van der Waals surface area contributed by atoms with E-state index in [4.69, 9.17) is 11.7 Å². The van der Waals surface area contributed by atoms with Gasteiger partial charge in [0.1, 0.15) is 5.69 Å². The highest BCUT2D eigenvalue weighted by atomic mass is 19.1. The monoisotopic (exact) mass is 269 g/mol. The summed E-state index contributed by atoms with van der Waals surface area (Å²) < 4.78 is 13.3. The van der Waals surface area contributed by atoms with Crippen LogP contribution in [0.1, 0.15) is 43.5 Å². The van der Waals surface area contributed by atoms with Gasteiger partial charge in [-0.15, -0.1) is 0 Å². The fourth-order valence-electron chi connectivity index (χ4n) is 1.77. The maximum atomic E-state index is 13.3. The second kappa shape index (κ2) is 7.01. The summed E-state index contributed by atoms with van der Waals surface area (Å²) in [5, 5.41) is 14.8. The Balaban J connectivity index is 3.17. The fraction of sp³-hybridized carbons (Fsp3) is 0.500. The van der Waals surface area contributed by atoms with E-state index in [9.17, 15) is 9.50 Å². The molecule has 0 amide bonds. The van der Waals surface area contributed by atoms with Gasteiger partial charge in [-0.05, 0) is 18.6 Å². The molecule has 0 aliphatic heterocycles. The first-order valence-electron chi connectivity index (χ1n) is 6.12. The molecule has 1 rings (SSSR count). The lowest BCUT2D eigenvalue weighted by Crippen LogP contribution is -2.36. The van der Waals surface area contributed by atoms with Crippen LogP contribution in [0.5, 0.6) is 0 Å². The molecule has 0 aliphatic carbocycles. The molecule has 1 aromatic heterocycles. The SMILES string of the molecule is CCCCC(O)c1ccc(F)nc1/C(=N/N)N(C)N. The van der Waals surface area contributed by atoms with E-state index in [-0.39, 0.29) is 11.5 Å². The third-order valence-electron chi connectivity index (χ3n) is 2.75. The number of hydrogen-bond donors (Lipinski definition) is 3. The van der Waals surface area contributed by atoms with Crippen LogP contribution in [-0.4, -0.2) is 28.0 Å². The van der Waals surface area contributed by atoms with Crippen LogP contribution < -0.4 is 11.7 Å². The molecule has 0 spiro atoms. The second-order valence-electron chi connectivity index (χ2n) is 4.29. The number of aromatic nitrogens is 1. The van der Waals surface area contributed by atoms with E-state index in [2.05, 4.69) is 10.1 Å². The summed E-state index contributed by atoms with van der Waals surface area (Å²) in [4.78, 5) is 3.74. The number of nitrogens with zero attached hydrogens (tertiary/aromatic N) is 3. The third kappa shape index (κ3) is 3.87. The molecule has 1 atom stereocenters. The molecule has 7 heteroatoms. The summed E-state index contributed by atoms with van der Waals surface area (Å²) in [6.07, 6.45) is 1.61. The van der Waals surface area contributed by atoms with Gasteiger partial charge in [-0.2, -0.15) is 9.49 Å². The Morgan fingerprint density at radius 1 is 1.58 bits per heavy atom. The number of amidine groups is 1. The Kier molecular flexibility index (Phi) is 5.65. The molecule has 0 fully saturated rings. The number of hydrazone groups is 1. The van der Waals surface area contributed by atoms with Crippen molar-refractivity contribution in [1.82, 2.24) is 9.99 Å². The van der Waals surface area contributed by atoms with E-state index in [1.807, 2.05) is 6.92 Å². The van der Waals surface area contributed by atoms with E-state index in [1.54, 1.807) is 0 Å². The number of nitrogens with two attached hydrogens (primary N) is 2. The zero-order valence-electron chi connectivity index (χ0n) is 11.2. The van der Waals surface area contributed by atoms with Gasteiger partial charge in [-0.1, -0.05) is 19.8 Å². The molecule has 106 valence electrons. The van der Waals surface area contributed by atoms with Crippen molar-refractivity contribution in [1.29, 1.82) is 0 Å². The highest BCUT2D eigenvalue weighted by molar-refractivity contribution is 5.97. The Bertz CT molecular complexity index is 450. The summed E-state index contributed by atoms with van der Waals surface area (Å²) >= 11 is 0. The average Bonchev–Trinajstić information content (AvgIpc) is 2.36. The molecule has 0 radical (unpaired) electrons. The highest BCUT2D eigenvalue weighted by Crippen LogP contribution is 2.22. The first kappa shape index (κ1) is 15.3. The number of aliphatic hydroxyl groups excluding tert-OH is 1. The quantitative estimate of drug-likeness (QED) is 0.242. The van der Waals surface area contributed by atoms with Crippen molar-refractivity contribution < 1.29 is 9.50 Å². The van der Waals surface area contributed by atoms with Crippen LogP contribution in [0.2, 0.25) is 0 Å². The van der Waals surface area contributed by atoms with Crippen LogP contribution in [0.15, 0.2) is 17.2 Å². The van der Waals surface area contributed by atoms with Gasteiger partial charge in [0.25, 0.3) is 0 Å². The lowest BCUT2D eigenvalue weighted by Gasteiger charge is -2.19. The number of halogens is 1. The lowest BCUT2D eigenvalue weighted by atomic mass is 10.0. The van der Waals surface area contributed by atoms with Gasteiger partial charge in [0.2, 0.25) is 5.95 Å². The Hall–Kier alpha value is -1.73. The Morgan fingerprint density at radius 3 is 2.79 bits per heavy atom. The van der Waals surface area contributed by atoms with Crippen molar-refractivity contribution in [2.24, 2.45) is 16.8 Å². The second-order valence-corrected chi connectivity index (χ2v) is 4.29. The van der Waals surface area contributed by atoms with Crippen LogP contribution in [-0.2, 0) is 0 Å². The molecular weight excluding hydrogens is 249 g/mol. The zero-order chi connectivity index (χ0) is 14.4. The molecule has 0 saturated heterocycles. The van der Waals surface area contributed by atoms with Crippen LogP contribution >= 0.6 is 0 Å². The summed E-state index contributed by atoms with van der Waals surface area (Å²) in [6.45, 7) is 2.02. The smallest absolute Gasteiger partial charge is 0.213 e. The summed E-state index contributed by atoms with van der Waals surface area (Å²) in [6, 6.07) is 2.67. The lowest BCUT2D eigenvalue weighted by molar-refractivity contribution is 0.163. The highest BCUT2D eigenvalue weighted by Gasteiger charge is 2.20. The van der Waals surface area contributed by atoms with Gasteiger partial charge in [0.15, 0.2) is 5.84 Å².